The molecule has 1 saturated heterocycles. The quantitative estimate of drug-likeness (QED) is 0.517. The van der Waals surface area contributed by atoms with Crippen molar-refractivity contribution in [3.05, 3.63) is 69.8 Å². The number of nitro groups is 1. The zero-order chi connectivity index (χ0) is 21.9. The van der Waals surface area contributed by atoms with E-state index >= 15 is 0 Å². The SMILES string of the molecule is Cc1ccc([N+](=O)[O-])cc1S(=O)(=O)N1CCC(C(=O)N(C)Cc2ccccc2)CC1. The maximum atomic E-state index is 13.0. The zero-order valence-electron chi connectivity index (χ0n) is 17.0. The Hall–Kier alpha value is -2.78. The minimum Gasteiger partial charge on any atom is -0.341 e. The molecule has 1 heterocycles. The molecule has 3 rings (SSSR count). The van der Waals surface area contributed by atoms with E-state index in [2.05, 4.69) is 0 Å². The third-order valence-corrected chi connectivity index (χ3v) is 7.48. The van der Waals surface area contributed by atoms with Crippen LogP contribution >= 0.6 is 0 Å². The Morgan fingerprint density at radius 2 is 1.80 bits per heavy atom. The number of amides is 1. The van der Waals surface area contributed by atoms with Gasteiger partial charge >= 0.3 is 0 Å². The molecule has 1 aliphatic rings. The van der Waals surface area contributed by atoms with Gasteiger partial charge in [-0.15, -0.1) is 0 Å². The summed E-state index contributed by atoms with van der Waals surface area (Å²) in [6.45, 7) is 2.54. The number of non-ortho nitro benzene ring substituents is 1. The molecule has 160 valence electrons. The number of benzene rings is 2. The zero-order valence-corrected chi connectivity index (χ0v) is 17.8. The number of nitro benzene ring substituents is 1. The summed E-state index contributed by atoms with van der Waals surface area (Å²) < 4.78 is 27.4. The lowest BCUT2D eigenvalue weighted by Gasteiger charge is -2.32. The summed E-state index contributed by atoms with van der Waals surface area (Å²) in [7, 11) is -2.11. The molecule has 0 saturated carbocycles. The molecule has 0 spiro atoms. The molecule has 1 fully saturated rings. The highest BCUT2D eigenvalue weighted by Crippen LogP contribution is 2.29. The van der Waals surface area contributed by atoms with E-state index in [4.69, 9.17) is 0 Å². The third-order valence-electron chi connectivity index (χ3n) is 5.44. The van der Waals surface area contributed by atoms with Gasteiger partial charge in [0.05, 0.1) is 9.82 Å². The molecular formula is C21H25N3O5S. The molecule has 8 nitrogen and oxygen atoms in total. The van der Waals surface area contributed by atoms with Gasteiger partial charge in [0.25, 0.3) is 5.69 Å². The smallest absolute Gasteiger partial charge is 0.270 e. The summed E-state index contributed by atoms with van der Waals surface area (Å²) in [5, 5.41) is 11.0. The lowest BCUT2D eigenvalue weighted by molar-refractivity contribution is -0.385. The lowest BCUT2D eigenvalue weighted by Crippen LogP contribution is -2.43. The predicted molar refractivity (Wildman–Crippen MR) is 112 cm³/mol. The standard InChI is InChI=1S/C21H25N3O5S/c1-16-8-9-19(24(26)27)14-20(16)30(28,29)23-12-10-18(11-13-23)21(25)22(2)15-17-6-4-3-5-7-17/h3-9,14,18H,10-13,15H2,1-2H3. The van der Waals surface area contributed by atoms with Gasteiger partial charge in [-0.3, -0.25) is 14.9 Å². The van der Waals surface area contributed by atoms with E-state index in [-0.39, 0.29) is 35.5 Å². The Balaban J connectivity index is 1.67. The van der Waals surface area contributed by atoms with E-state index in [1.165, 1.54) is 16.4 Å². The van der Waals surface area contributed by atoms with Gasteiger partial charge in [-0.1, -0.05) is 36.4 Å². The first kappa shape index (κ1) is 21.9. The van der Waals surface area contributed by atoms with Crippen molar-refractivity contribution in [3.63, 3.8) is 0 Å². The van der Waals surface area contributed by atoms with Crippen molar-refractivity contribution in [1.82, 2.24) is 9.21 Å². The minimum absolute atomic E-state index is 0.00225. The van der Waals surface area contributed by atoms with Crippen molar-refractivity contribution in [2.24, 2.45) is 5.92 Å². The molecule has 9 heteroatoms. The van der Waals surface area contributed by atoms with Gasteiger partial charge in [0, 0.05) is 44.7 Å². The second kappa shape index (κ2) is 8.93. The average Bonchev–Trinajstić information content (AvgIpc) is 2.74. The summed E-state index contributed by atoms with van der Waals surface area (Å²) in [6.07, 6.45) is 0.844. The van der Waals surface area contributed by atoms with Crippen LogP contribution in [0.3, 0.4) is 0 Å². The van der Waals surface area contributed by atoms with Crippen LogP contribution in [0, 0.1) is 23.0 Å². The largest absolute Gasteiger partial charge is 0.341 e. The fourth-order valence-corrected chi connectivity index (χ4v) is 5.42. The van der Waals surface area contributed by atoms with E-state index in [0.29, 0.717) is 24.9 Å². The van der Waals surface area contributed by atoms with E-state index in [1.54, 1.807) is 18.9 Å². The van der Waals surface area contributed by atoms with E-state index < -0.39 is 14.9 Å². The number of carbonyl (C=O) groups excluding carboxylic acids is 1. The Labute approximate surface area is 176 Å². The highest BCUT2D eigenvalue weighted by Gasteiger charge is 2.34. The summed E-state index contributed by atoms with van der Waals surface area (Å²) in [4.78, 5) is 24.8. The molecule has 30 heavy (non-hydrogen) atoms. The second-order valence-electron chi connectivity index (χ2n) is 7.57. The number of sulfonamides is 1. The van der Waals surface area contributed by atoms with Gasteiger partial charge in [-0.2, -0.15) is 4.31 Å². The molecule has 1 amide bonds. The Morgan fingerprint density at radius 1 is 1.17 bits per heavy atom. The molecule has 0 bridgehead atoms. The second-order valence-corrected chi connectivity index (χ2v) is 9.47. The number of piperidine rings is 1. The Bertz CT molecular complexity index is 1030. The molecule has 0 radical (unpaired) electrons. The summed E-state index contributed by atoms with van der Waals surface area (Å²) in [5.74, 6) is -0.237. The van der Waals surface area contributed by atoms with Crippen LogP contribution in [0.25, 0.3) is 0 Å². The fourth-order valence-electron chi connectivity index (χ4n) is 3.71. The van der Waals surface area contributed by atoms with Crippen molar-refractivity contribution in [2.75, 3.05) is 20.1 Å². The number of nitrogens with zero attached hydrogens (tertiary/aromatic N) is 3. The monoisotopic (exact) mass is 431 g/mol. The molecular weight excluding hydrogens is 406 g/mol. The first-order chi connectivity index (χ1) is 14.2. The van der Waals surface area contributed by atoms with Crippen molar-refractivity contribution in [1.29, 1.82) is 0 Å². The average molecular weight is 432 g/mol. The first-order valence-electron chi connectivity index (χ1n) is 9.74. The van der Waals surface area contributed by atoms with Crippen molar-refractivity contribution in [3.8, 4) is 0 Å². The molecule has 0 N–H and O–H groups in total. The number of rotatable bonds is 6. The van der Waals surface area contributed by atoms with Gasteiger partial charge in [-0.05, 0) is 30.9 Å². The van der Waals surface area contributed by atoms with Crippen LogP contribution in [0.2, 0.25) is 0 Å². The van der Waals surface area contributed by atoms with Gasteiger partial charge < -0.3 is 4.90 Å². The number of aryl methyl sites for hydroxylation is 1. The highest BCUT2D eigenvalue weighted by molar-refractivity contribution is 7.89. The van der Waals surface area contributed by atoms with Crippen LogP contribution in [-0.4, -0.2) is 48.6 Å². The molecule has 0 aliphatic carbocycles. The minimum atomic E-state index is -3.86. The molecule has 2 aromatic rings. The van der Waals surface area contributed by atoms with Crippen molar-refractivity contribution >= 4 is 21.6 Å². The fraction of sp³-hybridized carbons (Fsp3) is 0.381. The van der Waals surface area contributed by atoms with Crippen molar-refractivity contribution < 1.29 is 18.1 Å². The topological polar surface area (TPSA) is 101 Å². The van der Waals surface area contributed by atoms with E-state index in [0.717, 1.165) is 11.6 Å². The molecule has 0 unspecified atom stereocenters. The summed E-state index contributed by atoms with van der Waals surface area (Å²) in [6, 6.07) is 13.5. The lowest BCUT2D eigenvalue weighted by atomic mass is 9.96. The Morgan fingerprint density at radius 3 is 2.40 bits per heavy atom. The normalized spacial score (nSPS) is 15.7. The number of carbonyl (C=O) groups is 1. The maximum absolute atomic E-state index is 13.0. The molecule has 0 atom stereocenters. The van der Waals surface area contributed by atoms with Crippen LogP contribution in [0.5, 0.6) is 0 Å². The number of hydrogen-bond donors (Lipinski definition) is 0. The molecule has 1 aliphatic heterocycles. The highest BCUT2D eigenvalue weighted by atomic mass is 32.2. The van der Waals surface area contributed by atoms with E-state index in [1.807, 2.05) is 30.3 Å². The summed E-state index contributed by atoms with van der Waals surface area (Å²) in [5.41, 5.74) is 1.24. The van der Waals surface area contributed by atoms with E-state index in [9.17, 15) is 23.3 Å². The maximum Gasteiger partial charge on any atom is 0.270 e. The van der Waals surface area contributed by atoms with Gasteiger partial charge in [0.2, 0.25) is 15.9 Å². The Kier molecular flexibility index (Phi) is 6.52. The van der Waals surface area contributed by atoms with Crippen LogP contribution < -0.4 is 0 Å². The van der Waals surface area contributed by atoms with Crippen LogP contribution in [0.1, 0.15) is 24.0 Å². The van der Waals surface area contributed by atoms with Gasteiger partial charge in [0.1, 0.15) is 0 Å². The predicted octanol–water partition coefficient (Wildman–Crippen LogP) is 2.96. The van der Waals surface area contributed by atoms with Crippen LogP contribution in [0.15, 0.2) is 53.4 Å². The van der Waals surface area contributed by atoms with Crippen molar-refractivity contribution in [2.45, 2.75) is 31.2 Å². The van der Waals surface area contributed by atoms with Gasteiger partial charge in [-0.25, -0.2) is 8.42 Å². The molecule has 0 aromatic heterocycles. The van der Waals surface area contributed by atoms with Crippen LogP contribution in [0.4, 0.5) is 5.69 Å². The first-order valence-corrected chi connectivity index (χ1v) is 11.2. The third kappa shape index (κ3) is 4.68. The van der Waals surface area contributed by atoms with Crippen LogP contribution in [-0.2, 0) is 21.4 Å². The van der Waals surface area contributed by atoms with Gasteiger partial charge in [0.15, 0.2) is 0 Å². The summed E-state index contributed by atoms with van der Waals surface area (Å²) >= 11 is 0. The number of hydrogen-bond acceptors (Lipinski definition) is 5. The molecule has 2 aromatic carbocycles.